The van der Waals surface area contributed by atoms with Crippen LogP contribution in [-0.4, -0.2) is 53.5 Å². The zero-order valence-electron chi connectivity index (χ0n) is 13.3. The van der Waals surface area contributed by atoms with Gasteiger partial charge in [-0.3, -0.25) is 9.59 Å². The van der Waals surface area contributed by atoms with Crippen molar-refractivity contribution in [3.05, 3.63) is 29.3 Å². The molecule has 0 bridgehead atoms. The molecule has 0 spiro atoms. The van der Waals surface area contributed by atoms with Gasteiger partial charge in [-0.05, 0) is 55.2 Å². The maximum absolute atomic E-state index is 12.7. The van der Waals surface area contributed by atoms with Gasteiger partial charge in [0.2, 0.25) is 5.91 Å². The number of hydrogen-bond donors (Lipinski definition) is 0. The van der Waals surface area contributed by atoms with Crippen LogP contribution in [0.4, 0.5) is 0 Å². The molecule has 0 N–H and O–H groups in total. The predicted molar refractivity (Wildman–Crippen MR) is 90.7 cm³/mol. The third-order valence-electron chi connectivity index (χ3n) is 4.96. The molecule has 4 nitrogen and oxygen atoms in total. The Labute approximate surface area is 141 Å². The van der Waals surface area contributed by atoms with Crippen LogP contribution in [0.15, 0.2) is 23.1 Å². The lowest BCUT2D eigenvalue weighted by molar-refractivity contribution is -0.134. The van der Waals surface area contributed by atoms with Crippen molar-refractivity contribution in [1.29, 1.82) is 0 Å². The Hall–Kier alpha value is -1.49. The van der Waals surface area contributed by atoms with Crippen LogP contribution >= 0.6 is 11.8 Å². The number of amides is 2. The van der Waals surface area contributed by atoms with Crippen LogP contribution in [0.3, 0.4) is 0 Å². The first-order chi connectivity index (χ1) is 11.2. The third-order valence-corrected chi connectivity index (χ3v) is 6.16. The Morgan fingerprint density at radius 3 is 2.52 bits per heavy atom. The summed E-state index contributed by atoms with van der Waals surface area (Å²) in [6.07, 6.45) is 4.36. The summed E-state index contributed by atoms with van der Waals surface area (Å²) in [4.78, 5) is 30.0. The second kappa shape index (κ2) is 6.19. The van der Waals surface area contributed by atoms with E-state index in [1.54, 1.807) is 0 Å². The van der Waals surface area contributed by atoms with E-state index in [2.05, 4.69) is 12.1 Å². The molecule has 0 aromatic heterocycles. The first kappa shape index (κ1) is 15.1. The molecule has 23 heavy (non-hydrogen) atoms. The quantitative estimate of drug-likeness (QED) is 0.836. The number of benzene rings is 1. The van der Waals surface area contributed by atoms with Gasteiger partial charge in [0, 0.05) is 42.6 Å². The maximum atomic E-state index is 12.7. The van der Waals surface area contributed by atoms with Gasteiger partial charge in [-0.2, -0.15) is 0 Å². The minimum Gasteiger partial charge on any atom is -0.339 e. The van der Waals surface area contributed by atoms with Crippen molar-refractivity contribution in [3.8, 4) is 0 Å². The lowest BCUT2D eigenvalue weighted by atomic mass is 10.0. The van der Waals surface area contributed by atoms with Gasteiger partial charge in [0.05, 0.1) is 0 Å². The Kier molecular flexibility index (Phi) is 4.05. The molecule has 1 aliphatic carbocycles. The second-order valence-electron chi connectivity index (χ2n) is 6.67. The molecule has 2 heterocycles. The van der Waals surface area contributed by atoms with E-state index in [1.165, 1.54) is 22.6 Å². The van der Waals surface area contributed by atoms with Crippen molar-refractivity contribution >= 4 is 23.6 Å². The van der Waals surface area contributed by atoms with Gasteiger partial charge in [-0.25, -0.2) is 0 Å². The monoisotopic (exact) mass is 330 g/mol. The fourth-order valence-corrected chi connectivity index (χ4v) is 4.41. The molecule has 0 radical (unpaired) electrons. The van der Waals surface area contributed by atoms with E-state index in [-0.39, 0.29) is 11.8 Å². The molecule has 1 aromatic rings. The zero-order valence-corrected chi connectivity index (χ0v) is 14.1. The summed E-state index contributed by atoms with van der Waals surface area (Å²) in [5, 5.41) is 0. The molecule has 1 saturated carbocycles. The molecule has 5 heteroatoms. The van der Waals surface area contributed by atoms with Crippen molar-refractivity contribution in [3.63, 3.8) is 0 Å². The van der Waals surface area contributed by atoms with Gasteiger partial charge in [0.15, 0.2) is 0 Å². The average molecular weight is 330 g/mol. The highest BCUT2D eigenvalue weighted by Gasteiger charge is 2.35. The molecule has 1 aromatic carbocycles. The van der Waals surface area contributed by atoms with E-state index in [4.69, 9.17) is 0 Å². The molecule has 4 rings (SSSR count). The Morgan fingerprint density at radius 2 is 1.78 bits per heavy atom. The Balaban J connectivity index is 1.40. The minimum atomic E-state index is 0.113. The van der Waals surface area contributed by atoms with E-state index in [0.29, 0.717) is 32.1 Å². The lowest BCUT2D eigenvalue weighted by Gasteiger charge is -2.35. The van der Waals surface area contributed by atoms with Crippen LogP contribution in [0.1, 0.15) is 35.2 Å². The van der Waals surface area contributed by atoms with Crippen LogP contribution in [0.2, 0.25) is 0 Å². The van der Waals surface area contributed by atoms with Gasteiger partial charge in [-0.15, -0.1) is 11.8 Å². The van der Waals surface area contributed by atoms with Crippen molar-refractivity contribution in [2.45, 2.75) is 30.6 Å². The van der Waals surface area contributed by atoms with Crippen LogP contribution in [0.5, 0.6) is 0 Å². The Bertz CT molecular complexity index is 634. The van der Waals surface area contributed by atoms with Gasteiger partial charge < -0.3 is 9.80 Å². The van der Waals surface area contributed by atoms with Crippen LogP contribution in [0, 0.1) is 5.92 Å². The summed E-state index contributed by atoms with van der Waals surface area (Å²) < 4.78 is 0. The van der Waals surface area contributed by atoms with E-state index in [9.17, 15) is 9.59 Å². The lowest BCUT2D eigenvalue weighted by Crippen LogP contribution is -2.51. The number of carbonyl (C=O) groups is 2. The number of rotatable bonds is 2. The third kappa shape index (κ3) is 3.11. The molecule has 0 unspecified atom stereocenters. The smallest absolute Gasteiger partial charge is 0.253 e. The SMILES string of the molecule is O=C(c1ccc2c(c1)CCCS2)N1CCN(C(=O)C2CC2)CC1. The molecular formula is C18H22N2O2S. The first-order valence-corrected chi connectivity index (χ1v) is 9.55. The fraction of sp³-hybridized carbons (Fsp3) is 0.556. The van der Waals surface area contributed by atoms with Crippen LogP contribution in [-0.2, 0) is 11.2 Å². The molecule has 2 amide bonds. The van der Waals surface area contributed by atoms with Gasteiger partial charge in [-0.1, -0.05) is 0 Å². The van der Waals surface area contributed by atoms with Crippen molar-refractivity contribution in [2.75, 3.05) is 31.9 Å². The van der Waals surface area contributed by atoms with Gasteiger partial charge >= 0.3 is 0 Å². The normalized spacial score (nSPS) is 21.0. The second-order valence-corrected chi connectivity index (χ2v) is 7.80. The fourth-order valence-electron chi connectivity index (χ4n) is 3.39. The number of aryl methyl sites for hydroxylation is 1. The summed E-state index contributed by atoms with van der Waals surface area (Å²) in [6, 6.07) is 6.13. The number of fused-ring (bicyclic) bond motifs is 1. The summed E-state index contributed by atoms with van der Waals surface area (Å²) in [6.45, 7) is 2.68. The largest absolute Gasteiger partial charge is 0.339 e. The van der Waals surface area contributed by atoms with E-state index >= 15 is 0 Å². The number of carbonyl (C=O) groups excluding carboxylic acids is 2. The highest BCUT2D eigenvalue weighted by atomic mass is 32.2. The number of nitrogens with zero attached hydrogens (tertiary/aromatic N) is 2. The molecule has 2 aliphatic heterocycles. The van der Waals surface area contributed by atoms with Crippen molar-refractivity contribution in [1.82, 2.24) is 9.80 Å². The summed E-state index contributed by atoms with van der Waals surface area (Å²) in [5.74, 6) is 1.86. The molecule has 0 atom stereocenters. The van der Waals surface area contributed by atoms with Gasteiger partial charge in [0.25, 0.3) is 5.91 Å². The average Bonchev–Trinajstić information content (AvgIpc) is 3.45. The van der Waals surface area contributed by atoms with Crippen molar-refractivity contribution in [2.24, 2.45) is 5.92 Å². The zero-order chi connectivity index (χ0) is 15.8. The maximum Gasteiger partial charge on any atom is 0.253 e. The number of thioether (sulfide) groups is 1. The predicted octanol–water partition coefficient (Wildman–Crippen LogP) is 2.42. The molecule has 2 fully saturated rings. The molecule has 122 valence electrons. The topological polar surface area (TPSA) is 40.6 Å². The highest BCUT2D eigenvalue weighted by molar-refractivity contribution is 7.99. The first-order valence-electron chi connectivity index (χ1n) is 8.56. The number of piperazine rings is 1. The van der Waals surface area contributed by atoms with Crippen molar-refractivity contribution < 1.29 is 9.59 Å². The standard InChI is InChI=1S/C18H22N2O2S/c21-17(13-3-4-13)19-7-9-20(10-8-19)18(22)15-5-6-16-14(12-15)2-1-11-23-16/h5-6,12-13H,1-4,7-11H2. The highest BCUT2D eigenvalue weighted by Crippen LogP contribution is 2.32. The number of hydrogen-bond acceptors (Lipinski definition) is 3. The summed E-state index contributed by atoms with van der Waals surface area (Å²) >= 11 is 1.89. The summed E-state index contributed by atoms with van der Waals surface area (Å²) in [5.41, 5.74) is 2.11. The molecule has 1 saturated heterocycles. The summed E-state index contributed by atoms with van der Waals surface area (Å²) in [7, 11) is 0. The Morgan fingerprint density at radius 1 is 1.04 bits per heavy atom. The van der Waals surface area contributed by atoms with E-state index in [1.807, 2.05) is 27.6 Å². The van der Waals surface area contributed by atoms with Crippen LogP contribution < -0.4 is 0 Å². The van der Waals surface area contributed by atoms with E-state index < -0.39 is 0 Å². The molecule has 3 aliphatic rings. The van der Waals surface area contributed by atoms with E-state index in [0.717, 1.165) is 24.8 Å². The molecular weight excluding hydrogens is 308 g/mol. The van der Waals surface area contributed by atoms with Gasteiger partial charge in [0.1, 0.15) is 0 Å². The van der Waals surface area contributed by atoms with Crippen LogP contribution in [0.25, 0.3) is 0 Å². The minimum absolute atomic E-state index is 0.113.